The zero-order chi connectivity index (χ0) is 20.8. The second-order valence-corrected chi connectivity index (χ2v) is 7.87. The van der Waals surface area contributed by atoms with Crippen LogP contribution in [0.25, 0.3) is 11.4 Å². The SMILES string of the molecule is C[C@H](CNC(=O)CCc1nc(-c2ccc(N3CCCC3)cc2)no1)c1ccccc1. The summed E-state index contributed by atoms with van der Waals surface area (Å²) >= 11 is 0. The molecule has 1 atom stereocenters. The number of carbonyl (C=O) groups is 1. The van der Waals surface area contributed by atoms with Gasteiger partial charge in [-0.2, -0.15) is 4.98 Å². The first-order valence-electron chi connectivity index (χ1n) is 10.7. The van der Waals surface area contributed by atoms with Gasteiger partial charge in [0.25, 0.3) is 0 Å². The fourth-order valence-electron chi connectivity index (χ4n) is 3.75. The molecule has 0 bridgehead atoms. The van der Waals surface area contributed by atoms with Gasteiger partial charge in [0, 0.05) is 43.7 Å². The number of aromatic nitrogens is 2. The van der Waals surface area contributed by atoms with Crippen LogP contribution in [0.15, 0.2) is 59.1 Å². The zero-order valence-electron chi connectivity index (χ0n) is 17.4. The van der Waals surface area contributed by atoms with Gasteiger partial charge in [-0.15, -0.1) is 0 Å². The Bertz CT molecular complexity index is 947. The maximum absolute atomic E-state index is 12.2. The molecule has 1 fully saturated rings. The topological polar surface area (TPSA) is 71.3 Å². The van der Waals surface area contributed by atoms with Crippen molar-refractivity contribution in [3.63, 3.8) is 0 Å². The molecule has 30 heavy (non-hydrogen) atoms. The minimum Gasteiger partial charge on any atom is -0.372 e. The van der Waals surface area contributed by atoms with E-state index in [1.54, 1.807) is 0 Å². The Morgan fingerprint density at radius 2 is 1.83 bits per heavy atom. The number of aryl methyl sites for hydroxylation is 1. The fraction of sp³-hybridized carbons (Fsp3) is 0.375. The van der Waals surface area contributed by atoms with Crippen molar-refractivity contribution in [2.75, 3.05) is 24.5 Å². The first-order chi connectivity index (χ1) is 14.7. The van der Waals surface area contributed by atoms with Gasteiger partial charge in [0.1, 0.15) is 0 Å². The van der Waals surface area contributed by atoms with E-state index in [9.17, 15) is 4.79 Å². The number of amides is 1. The molecule has 2 aromatic carbocycles. The second-order valence-electron chi connectivity index (χ2n) is 7.87. The lowest BCUT2D eigenvalue weighted by Gasteiger charge is -2.17. The molecule has 1 aliphatic heterocycles. The Balaban J connectivity index is 1.25. The van der Waals surface area contributed by atoms with Crippen LogP contribution in [-0.2, 0) is 11.2 Å². The highest BCUT2D eigenvalue weighted by Crippen LogP contribution is 2.24. The molecule has 0 unspecified atom stereocenters. The molecule has 4 rings (SSSR count). The van der Waals surface area contributed by atoms with Crippen LogP contribution in [0.4, 0.5) is 5.69 Å². The van der Waals surface area contributed by atoms with E-state index in [4.69, 9.17) is 4.52 Å². The van der Waals surface area contributed by atoms with Gasteiger partial charge in [-0.1, -0.05) is 42.4 Å². The van der Waals surface area contributed by atoms with Crippen LogP contribution in [0.2, 0.25) is 0 Å². The molecule has 1 aromatic heterocycles. The Kier molecular flexibility index (Phi) is 6.42. The Hall–Kier alpha value is -3.15. The Labute approximate surface area is 177 Å². The van der Waals surface area contributed by atoms with Crippen LogP contribution in [-0.4, -0.2) is 35.7 Å². The number of anilines is 1. The van der Waals surface area contributed by atoms with Gasteiger partial charge >= 0.3 is 0 Å². The summed E-state index contributed by atoms with van der Waals surface area (Å²) in [5.41, 5.74) is 3.38. The van der Waals surface area contributed by atoms with E-state index >= 15 is 0 Å². The summed E-state index contributed by atoms with van der Waals surface area (Å²) in [4.78, 5) is 19.0. The van der Waals surface area contributed by atoms with Gasteiger partial charge in [-0.25, -0.2) is 0 Å². The summed E-state index contributed by atoms with van der Waals surface area (Å²) in [6, 6.07) is 18.5. The molecule has 6 heteroatoms. The minimum absolute atomic E-state index is 0.00695. The largest absolute Gasteiger partial charge is 0.372 e. The summed E-state index contributed by atoms with van der Waals surface area (Å²) in [5.74, 6) is 1.32. The van der Waals surface area contributed by atoms with Crippen molar-refractivity contribution in [1.29, 1.82) is 0 Å². The summed E-state index contributed by atoms with van der Waals surface area (Å²) < 4.78 is 5.34. The molecule has 1 amide bonds. The Morgan fingerprint density at radius 1 is 1.10 bits per heavy atom. The molecule has 0 saturated carbocycles. The second kappa shape index (κ2) is 9.57. The van der Waals surface area contributed by atoms with E-state index in [0.717, 1.165) is 18.7 Å². The van der Waals surface area contributed by atoms with Crippen LogP contribution in [0.5, 0.6) is 0 Å². The van der Waals surface area contributed by atoms with Crippen molar-refractivity contribution in [3.8, 4) is 11.4 Å². The maximum Gasteiger partial charge on any atom is 0.227 e. The van der Waals surface area contributed by atoms with Crippen LogP contribution >= 0.6 is 0 Å². The van der Waals surface area contributed by atoms with Gasteiger partial charge in [0.15, 0.2) is 0 Å². The van der Waals surface area contributed by atoms with Crippen molar-refractivity contribution in [2.45, 2.75) is 38.5 Å². The van der Waals surface area contributed by atoms with Gasteiger partial charge in [-0.3, -0.25) is 4.79 Å². The highest BCUT2D eigenvalue weighted by molar-refractivity contribution is 5.76. The molecule has 1 N–H and O–H groups in total. The van der Waals surface area contributed by atoms with E-state index in [1.165, 1.54) is 24.1 Å². The monoisotopic (exact) mass is 404 g/mol. The number of hydrogen-bond donors (Lipinski definition) is 1. The van der Waals surface area contributed by atoms with E-state index in [0.29, 0.717) is 31.1 Å². The minimum atomic E-state index is -0.00695. The van der Waals surface area contributed by atoms with Crippen LogP contribution in [0, 0.1) is 0 Å². The number of carbonyl (C=O) groups excluding carboxylic acids is 1. The molecular formula is C24H28N4O2. The zero-order valence-corrected chi connectivity index (χ0v) is 17.4. The quantitative estimate of drug-likeness (QED) is 0.610. The number of nitrogens with zero attached hydrogens (tertiary/aromatic N) is 3. The number of hydrogen-bond acceptors (Lipinski definition) is 5. The van der Waals surface area contributed by atoms with E-state index in [-0.39, 0.29) is 11.8 Å². The number of benzene rings is 2. The van der Waals surface area contributed by atoms with E-state index in [1.807, 2.05) is 30.3 Å². The maximum atomic E-state index is 12.2. The standard InChI is InChI=1S/C24H28N4O2/c1-18(19-7-3-2-4-8-19)17-25-22(29)13-14-23-26-24(27-30-23)20-9-11-21(12-10-20)28-15-5-6-16-28/h2-4,7-12,18H,5-6,13-17H2,1H3,(H,25,29)/t18-/m1/s1. The molecule has 0 aliphatic carbocycles. The third kappa shape index (κ3) is 5.06. The van der Waals surface area contributed by atoms with Gasteiger partial charge < -0.3 is 14.7 Å². The molecule has 1 aliphatic rings. The molecule has 0 radical (unpaired) electrons. The van der Waals surface area contributed by atoms with Crippen molar-refractivity contribution in [3.05, 3.63) is 66.1 Å². The smallest absolute Gasteiger partial charge is 0.227 e. The molecule has 6 nitrogen and oxygen atoms in total. The molecule has 1 saturated heterocycles. The van der Waals surface area contributed by atoms with Crippen molar-refractivity contribution in [2.24, 2.45) is 0 Å². The van der Waals surface area contributed by atoms with Gasteiger partial charge in [-0.05, 0) is 48.6 Å². The highest BCUT2D eigenvalue weighted by Gasteiger charge is 2.14. The molecule has 3 aromatic rings. The predicted molar refractivity (Wildman–Crippen MR) is 117 cm³/mol. The lowest BCUT2D eigenvalue weighted by atomic mass is 10.0. The first-order valence-corrected chi connectivity index (χ1v) is 10.7. The average molecular weight is 405 g/mol. The number of rotatable bonds is 8. The average Bonchev–Trinajstić information content (AvgIpc) is 3.49. The highest BCUT2D eigenvalue weighted by atomic mass is 16.5. The molecule has 156 valence electrons. The van der Waals surface area contributed by atoms with E-state index in [2.05, 4.69) is 51.5 Å². The lowest BCUT2D eigenvalue weighted by Crippen LogP contribution is -2.27. The molecule has 2 heterocycles. The first kappa shape index (κ1) is 20.1. The number of nitrogens with one attached hydrogen (secondary N) is 1. The summed E-state index contributed by atoms with van der Waals surface area (Å²) in [6.45, 7) is 4.96. The normalized spacial score (nSPS) is 14.6. The Morgan fingerprint density at radius 3 is 2.57 bits per heavy atom. The van der Waals surface area contributed by atoms with Crippen LogP contribution < -0.4 is 10.2 Å². The van der Waals surface area contributed by atoms with Crippen molar-refractivity contribution in [1.82, 2.24) is 15.5 Å². The third-order valence-corrected chi connectivity index (χ3v) is 5.60. The molecular weight excluding hydrogens is 376 g/mol. The third-order valence-electron chi connectivity index (χ3n) is 5.60. The van der Waals surface area contributed by atoms with Gasteiger partial charge in [0.2, 0.25) is 17.6 Å². The summed E-state index contributed by atoms with van der Waals surface area (Å²) in [5, 5.41) is 7.06. The van der Waals surface area contributed by atoms with Crippen LogP contribution in [0.1, 0.15) is 43.6 Å². The van der Waals surface area contributed by atoms with Gasteiger partial charge in [0.05, 0.1) is 0 Å². The molecule has 0 spiro atoms. The predicted octanol–water partition coefficient (Wildman–Crippen LogP) is 4.19. The summed E-state index contributed by atoms with van der Waals surface area (Å²) in [6.07, 6.45) is 3.28. The summed E-state index contributed by atoms with van der Waals surface area (Å²) in [7, 11) is 0. The van der Waals surface area contributed by atoms with Crippen LogP contribution in [0.3, 0.4) is 0 Å². The van der Waals surface area contributed by atoms with Crippen molar-refractivity contribution < 1.29 is 9.32 Å². The van der Waals surface area contributed by atoms with E-state index < -0.39 is 0 Å². The lowest BCUT2D eigenvalue weighted by molar-refractivity contribution is -0.121. The fourth-order valence-corrected chi connectivity index (χ4v) is 3.75. The van der Waals surface area contributed by atoms with Crippen molar-refractivity contribution >= 4 is 11.6 Å².